The van der Waals surface area contributed by atoms with Crippen LogP contribution in [0.3, 0.4) is 0 Å². The molecule has 2 aliphatic rings. The van der Waals surface area contributed by atoms with Crippen LogP contribution in [0, 0.1) is 0 Å². The van der Waals surface area contributed by atoms with E-state index in [4.69, 9.17) is 10.5 Å². The minimum absolute atomic E-state index is 0.314. The molecular formula is C17H28N4O. The molecule has 22 heavy (non-hydrogen) atoms. The fourth-order valence-corrected chi connectivity index (χ4v) is 3.68. The van der Waals surface area contributed by atoms with Gasteiger partial charge in [0.05, 0.1) is 12.8 Å². The lowest BCUT2D eigenvalue weighted by molar-refractivity contribution is 0.0900. The highest BCUT2D eigenvalue weighted by molar-refractivity contribution is 5.58. The van der Waals surface area contributed by atoms with Crippen molar-refractivity contribution < 1.29 is 4.74 Å². The van der Waals surface area contributed by atoms with Crippen LogP contribution in [-0.2, 0) is 0 Å². The SMILES string of the molecule is COc1ccccc1N1CCN(C2CN(C)CCC2N)CC1. The zero-order chi connectivity index (χ0) is 15.5. The minimum atomic E-state index is 0.314. The van der Waals surface area contributed by atoms with E-state index in [2.05, 4.69) is 33.9 Å². The minimum Gasteiger partial charge on any atom is -0.495 e. The molecule has 3 rings (SSSR count). The van der Waals surface area contributed by atoms with Gasteiger partial charge in [-0.2, -0.15) is 0 Å². The molecule has 0 radical (unpaired) electrons. The number of hydrogen-bond acceptors (Lipinski definition) is 5. The van der Waals surface area contributed by atoms with E-state index in [9.17, 15) is 0 Å². The third-order valence-electron chi connectivity index (χ3n) is 5.05. The Bertz CT molecular complexity index is 487. The van der Waals surface area contributed by atoms with Gasteiger partial charge in [0.15, 0.2) is 0 Å². The van der Waals surface area contributed by atoms with Gasteiger partial charge in [0, 0.05) is 44.8 Å². The molecule has 2 atom stereocenters. The molecule has 2 fully saturated rings. The molecular weight excluding hydrogens is 276 g/mol. The van der Waals surface area contributed by atoms with Gasteiger partial charge in [-0.05, 0) is 32.1 Å². The summed E-state index contributed by atoms with van der Waals surface area (Å²) in [5, 5.41) is 0. The van der Waals surface area contributed by atoms with Gasteiger partial charge in [-0.15, -0.1) is 0 Å². The Kier molecular flexibility index (Phi) is 4.86. The predicted molar refractivity (Wildman–Crippen MR) is 90.7 cm³/mol. The molecule has 2 N–H and O–H groups in total. The summed E-state index contributed by atoms with van der Waals surface area (Å²) in [6.45, 7) is 6.43. The fourth-order valence-electron chi connectivity index (χ4n) is 3.68. The van der Waals surface area contributed by atoms with Gasteiger partial charge < -0.3 is 20.3 Å². The van der Waals surface area contributed by atoms with Gasteiger partial charge in [-0.3, -0.25) is 4.90 Å². The average Bonchev–Trinajstić information content (AvgIpc) is 2.57. The van der Waals surface area contributed by atoms with Crippen molar-refractivity contribution in [1.82, 2.24) is 9.80 Å². The number of anilines is 1. The highest BCUT2D eigenvalue weighted by Crippen LogP contribution is 2.29. The second-order valence-electron chi connectivity index (χ2n) is 6.48. The van der Waals surface area contributed by atoms with Crippen LogP contribution < -0.4 is 15.4 Å². The third kappa shape index (κ3) is 3.21. The molecule has 1 aromatic rings. The van der Waals surface area contributed by atoms with Gasteiger partial charge in [0.2, 0.25) is 0 Å². The number of ether oxygens (including phenoxy) is 1. The summed E-state index contributed by atoms with van der Waals surface area (Å²) in [5.74, 6) is 0.963. The Morgan fingerprint density at radius 1 is 1.09 bits per heavy atom. The maximum Gasteiger partial charge on any atom is 0.142 e. The van der Waals surface area contributed by atoms with E-state index < -0.39 is 0 Å². The molecule has 0 amide bonds. The van der Waals surface area contributed by atoms with Gasteiger partial charge in [0.25, 0.3) is 0 Å². The van der Waals surface area contributed by atoms with Crippen LogP contribution in [0.4, 0.5) is 5.69 Å². The zero-order valence-corrected chi connectivity index (χ0v) is 13.7. The van der Waals surface area contributed by atoms with Crippen LogP contribution in [0.15, 0.2) is 24.3 Å². The second-order valence-corrected chi connectivity index (χ2v) is 6.48. The van der Waals surface area contributed by atoms with Crippen LogP contribution >= 0.6 is 0 Å². The van der Waals surface area contributed by atoms with Crippen molar-refractivity contribution in [3.05, 3.63) is 24.3 Å². The molecule has 5 heteroatoms. The molecule has 5 nitrogen and oxygen atoms in total. The van der Waals surface area contributed by atoms with E-state index in [0.29, 0.717) is 12.1 Å². The summed E-state index contributed by atoms with van der Waals surface area (Å²) in [6.07, 6.45) is 1.11. The average molecular weight is 304 g/mol. The Balaban J connectivity index is 1.62. The number of nitrogens with two attached hydrogens (primary N) is 1. The molecule has 0 saturated carbocycles. The van der Waals surface area contributed by atoms with E-state index >= 15 is 0 Å². The largest absolute Gasteiger partial charge is 0.495 e. The number of benzene rings is 1. The van der Waals surface area contributed by atoms with Gasteiger partial charge in [-0.25, -0.2) is 0 Å². The van der Waals surface area contributed by atoms with Crippen molar-refractivity contribution in [2.24, 2.45) is 5.73 Å². The highest BCUT2D eigenvalue weighted by Gasteiger charge is 2.32. The molecule has 1 aromatic carbocycles. The number of hydrogen-bond donors (Lipinski definition) is 1. The fraction of sp³-hybridized carbons (Fsp3) is 0.647. The summed E-state index contributed by atoms with van der Waals surface area (Å²) in [5.41, 5.74) is 7.56. The van der Waals surface area contributed by atoms with Crippen molar-refractivity contribution >= 4 is 5.69 Å². The lowest BCUT2D eigenvalue weighted by atomic mass is 9.98. The van der Waals surface area contributed by atoms with Crippen molar-refractivity contribution in [1.29, 1.82) is 0 Å². The number of piperidine rings is 1. The van der Waals surface area contributed by atoms with Crippen molar-refractivity contribution in [3.8, 4) is 5.75 Å². The molecule has 0 aliphatic carbocycles. The Morgan fingerprint density at radius 3 is 2.55 bits per heavy atom. The van der Waals surface area contributed by atoms with Gasteiger partial charge >= 0.3 is 0 Å². The first kappa shape index (κ1) is 15.6. The molecule has 0 spiro atoms. The van der Waals surface area contributed by atoms with Crippen LogP contribution in [0.1, 0.15) is 6.42 Å². The van der Waals surface area contributed by atoms with Crippen molar-refractivity contribution in [2.45, 2.75) is 18.5 Å². The normalized spacial score (nSPS) is 27.9. The molecule has 0 aromatic heterocycles. The summed E-state index contributed by atoms with van der Waals surface area (Å²) in [6, 6.07) is 9.10. The Morgan fingerprint density at radius 2 is 1.82 bits per heavy atom. The van der Waals surface area contributed by atoms with Crippen molar-refractivity contribution in [2.75, 3.05) is 58.3 Å². The molecule has 122 valence electrons. The molecule has 2 aliphatic heterocycles. The predicted octanol–water partition coefficient (Wildman–Crippen LogP) is 0.849. The monoisotopic (exact) mass is 304 g/mol. The zero-order valence-electron chi connectivity index (χ0n) is 13.7. The van der Waals surface area contributed by atoms with Gasteiger partial charge in [-0.1, -0.05) is 12.1 Å². The Hall–Kier alpha value is -1.30. The number of likely N-dealkylation sites (tertiary alicyclic amines) is 1. The molecule has 2 saturated heterocycles. The number of piperazine rings is 1. The first-order valence-electron chi connectivity index (χ1n) is 8.25. The smallest absolute Gasteiger partial charge is 0.142 e. The van der Waals surface area contributed by atoms with Gasteiger partial charge in [0.1, 0.15) is 5.75 Å². The van der Waals surface area contributed by atoms with Crippen molar-refractivity contribution in [3.63, 3.8) is 0 Å². The third-order valence-corrected chi connectivity index (χ3v) is 5.05. The first-order valence-corrected chi connectivity index (χ1v) is 8.25. The van der Waals surface area contributed by atoms with E-state index in [1.165, 1.54) is 5.69 Å². The van der Waals surface area contributed by atoms with E-state index in [-0.39, 0.29) is 0 Å². The summed E-state index contributed by atoms with van der Waals surface area (Å²) >= 11 is 0. The lowest BCUT2D eigenvalue weighted by Gasteiger charge is -2.45. The number of para-hydroxylation sites is 2. The maximum atomic E-state index is 6.36. The number of likely N-dealkylation sites (N-methyl/N-ethyl adjacent to an activating group) is 1. The standard InChI is InChI=1S/C17H28N4O/c1-19-8-7-14(18)16(13-19)21-11-9-20(10-12-21)15-5-3-4-6-17(15)22-2/h3-6,14,16H,7-13,18H2,1-2H3. The second kappa shape index (κ2) is 6.86. The van der Waals surface area contributed by atoms with E-state index in [0.717, 1.165) is 51.4 Å². The molecule has 2 unspecified atom stereocenters. The first-order chi connectivity index (χ1) is 10.7. The van der Waals surface area contributed by atoms with Crippen LogP contribution in [0.2, 0.25) is 0 Å². The number of rotatable bonds is 3. The molecule has 2 heterocycles. The van der Waals surface area contributed by atoms with E-state index in [1.54, 1.807) is 7.11 Å². The summed E-state index contributed by atoms with van der Waals surface area (Å²) in [7, 11) is 3.94. The summed E-state index contributed by atoms with van der Waals surface area (Å²) < 4.78 is 5.49. The van der Waals surface area contributed by atoms with Crippen LogP contribution in [0.25, 0.3) is 0 Å². The molecule has 0 bridgehead atoms. The van der Waals surface area contributed by atoms with Crippen LogP contribution in [0.5, 0.6) is 5.75 Å². The topological polar surface area (TPSA) is 45.0 Å². The Labute approximate surface area is 133 Å². The van der Waals surface area contributed by atoms with Crippen LogP contribution in [-0.4, -0.2) is 75.3 Å². The maximum absolute atomic E-state index is 6.36. The quantitative estimate of drug-likeness (QED) is 0.897. The summed E-state index contributed by atoms with van der Waals surface area (Å²) in [4.78, 5) is 7.40. The number of nitrogens with zero attached hydrogens (tertiary/aromatic N) is 3. The lowest BCUT2D eigenvalue weighted by Crippen LogP contribution is -2.61. The number of methoxy groups -OCH3 is 1. The highest BCUT2D eigenvalue weighted by atomic mass is 16.5. The van der Waals surface area contributed by atoms with E-state index in [1.807, 2.05) is 12.1 Å².